The van der Waals surface area contributed by atoms with Crippen LogP contribution in [0, 0.1) is 12.3 Å². The topological polar surface area (TPSA) is 95.6 Å². The van der Waals surface area contributed by atoms with E-state index < -0.39 is 33.3 Å². The minimum absolute atomic E-state index is 0.188. The molecule has 0 bridgehead atoms. The van der Waals surface area contributed by atoms with Gasteiger partial charge in [0.1, 0.15) is 5.54 Å². The van der Waals surface area contributed by atoms with Crippen molar-refractivity contribution in [2.75, 3.05) is 18.8 Å². The minimum atomic E-state index is -3.67. The molecule has 108 valence electrons. The molecule has 2 aliphatic heterocycles. The molecule has 0 radical (unpaired) electrons. The molecule has 0 aromatic carbocycles. The number of terminal acetylenes is 1. The third kappa shape index (κ3) is 2.69. The van der Waals surface area contributed by atoms with Crippen LogP contribution in [0.3, 0.4) is 0 Å². The van der Waals surface area contributed by atoms with E-state index in [1.54, 1.807) is 6.08 Å². The van der Waals surface area contributed by atoms with Gasteiger partial charge in [-0.3, -0.25) is 10.1 Å². The molecule has 7 nitrogen and oxygen atoms in total. The van der Waals surface area contributed by atoms with Gasteiger partial charge in [0.2, 0.25) is 10.0 Å². The average molecular weight is 297 g/mol. The predicted octanol–water partition coefficient (Wildman–Crippen LogP) is -0.820. The zero-order chi connectivity index (χ0) is 15.0. The molecule has 20 heavy (non-hydrogen) atoms. The third-order valence-electron chi connectivity index (χ3n) is 3.34. The summed E-state index contributed by atoms with van der Waals surface area (Å²) < 4.78 is 25.9. The van der Waals surface area contributed by atoms with E-state index in [1.807, 2.05) is 5.32 Å². The van der Waals surface area contributed by atoms with Crippen molar-refractivity contribution in [1.29, 1.82) is 0 Å². The molecule has 0 saturated carbocycles. The van der Waals surface area contributed by atoms with Crippen LogP contribution >= 0.6 is 0 Å². The van der Waals surface area contributed by atoms with Crippen LogP contribution in [0.5, 0.6) is 0 Å². The van der Waals surface area contributed by atoms with Crippen LogP contribution < -0.4 is 10.6 Å². The second-order valence-electron chi connectivity index (χ2n) is 4.98. The second-order valence-corrected chi connectivity index (χ2v) is 6.95. The Morgan fingerprint density at radius 1 is 1.50 bits per heavy atom. The highest BCUT2D eigenvalue weighted by Crippen LogP contribution is 2.19. The molecule has 0 aliphatic carbocycles. The summed E-state index contributed by atoms with van der Waals surface area (Å²) in [4.78, 5) is 22.8. The number of carbonyl (C=O) groups is 2. The lowest BCUT2D eigenvalue weighted by Gasteiger charge is -2.28. The molecule has 3 amide bonds. The van der Waals surface area contributed by atoms with Gasteiger partial charge in [-0.1, -0.05) is 12.0 Å². The fourth-order valence-corrected chi connectivity index (χ4v) is 3.96. The fraction of sp³-hybridized carbons (Fsp3) is 0.500. The monoisotopic (exact) mass is 297 g/mol. The lowest BCUT2D eigenvalue weighted by atomic mass is 10.1. The number of hydrogen-bond donors (Lipinski definition) is 2. The molecule has 1 saturated heterocycles. The first-order valence-electron chi connectivity index (χ1n) is 6.04. The lowest BCUT2D eigenvalue weighted by Crippen LogP contribution is -2.52. The smallest absolute Gasteiger partial charge is 0.322 e. The number of sulfonamides is 1. The molecule has 0 aromatic rings. The average Bonchev–Trinajstić information content (AvgIpc) is 2.61. The molecule has 1 fully saturated rings. The molecular formula is C12H15N3O4S. The van der Waals surface area contributed by atoms with Crippen molar-refractivity contribution in [2.24, 2.45) is 0 Å². The van der Waals surface area contributed by atoms with Crippen molar-refractivity contribution < 1.29 is 18.0 Å². The van der Waals surface area contributed by atoms with Gasteiger partial charge in [0, 0.05) is 18.7 Å². The third-order valence-corrected chi connectivity index (χ3v) is 5.40. The van der Waals surface area contributed by atoms with Crippen molar-refractivity contribution in [1.82, 2.24) is 14.9 Å². The Balaban J connectivity index is 2.13. The van der Waals surface area contributed by atoms with Gasteiger partial charge in [-0.05, 0) is 13.3 Å². The Morgan fingerprint density at radius 2 is 2.20 bits per heavy atom. The summed E-state index contributed by atoms with van der Waals surface area (Å²) in [6.45, 7) is 1.86. The minimum Gasteiger partial charge on any atom is -0.322 e. The zero-order valence-corrected chi connectivity index (χ0v) is 11.8. The molecule has 2 rings (SSSR count). The summed E-state index contributed by atoms with van der Waals surface area (Å²) in [5.74, 6) is 1.38. The molecular weight excluding hydrogens is 282 g/mol. The summed E-state index contributed by atoms with van der Waals surface area (Å²) in [7, 11) is -3.67. The van der Waals surface area contributed by atoms with E-state index in [1.165, 1.54) is 11.2 Å². The van der Waals surface area contributed by atoms with Gasteiger partial charge in [0.15, 0.2) is 0 Å². The molecule has 2 heterocycles. The number of hydrogen-bond acceptors (Lipinski definition) is 4. The summed E-state index contributed by atoms with van der Waals surface area (Å²) >= 11 is 0. The van der Waals surface area contributed by atoms with E-state index in [4.69, 9.17) is 6.42 Å². The first kappa shape index (κ1) is 14.6. The van der Waals surface area contributed by atoms with Gasteiger partial charge in [0.25, 0.3) is 5.91 Å². The van der Waals surface area contributed by atoms with E-state index in [9.17, 15) is 18.0 Å². The molecule has 1 atom stereocenters. The van der Waals surface area contributed by atoms with Crippen LogP contribution in [0.25, 0.3) is 0 Å². The summed E-state index contributed by atoms with van der Waals surface area (Å²) in [6.07, 6.45) is 7.41. The van der Waals surface area contributed by atoms with Crippen molar-refractivity contribution in [3.63, 3.8) is 0 Å². The quantitative estimate of drug-likeness (QED) is 0.525. The number of amides is 3. The van der Waals surface area contributed by atoms with Crippen LogP contribution in [-0.2, 0) is 14.8 Å². The van der Waals surface area contributed by atoms with Crippen LogP contribution in [0.4, 0.5) is 4.79 Å². The van der Waals surface area contributed by atoms with Gasteiger partial charge in [-0.2, -0.15) is 4.31 Å². The highest BCUT2D eigenvalue weighted by Gasteiger charge is 2.46. The maximum Gasteiger partial charge on any atom is 0.322 e. The second kappa shape index (κ2) is 4.92. The highest BCUT2D eigenvalue weighted by molar-refractivity contribution is 7.89. The normalized spacial score (nSPS) is 27.5. The van der Waals surface area contributed by atoms with E-state index >= 15 is 0 Å². The molecule has 0 aromatic heterocycles. The van der Waals surface area contributed by atoms with Gasteiger partial charge >= 0.3 is 6.03 Å². The molecule has 8 heteroatoms. The Labute approximate surface area is 117 Å². The molecule has 2 aliphatic rings. The SMILES string of the molecule is C#CC1=CCN(S(=O)(=O)CC2(C)NC(=O)NC2=O)CC1. The maximum absolute atomic E-state index is 12.3. The molecule has 0 spiro atoms. The van der Waals surface area contributed by atoms with Crippen LogP contribution in [0.1, 0.15) is 13.3 Å². The van der Waals surface area contributed by atoms with Gasteiger partial charge in [0.05, 0.1) is 5.75 Å². The van der Waals surface area contributed by atoms with E-state index in [0.717, 1.165) is 5.57 Å². The van der Waals surface area contributed by atoms with E-state index in [-0.39, 0.29) is 13.1 Å². The Morgan fingerprint density at radius 3 is 2.65 bits per heavy atom. The Hall–Kier alpha value is -1.85. The van der Waals surface area contributed by atoms with Crippen LogP contribution in [0.2, 0.25) is 0 Å². The maximum atomic E-state index is 12.3. The Kier molecular flexibility index (Phi) is 3.58. The summed E-state index contributed by atoms with van der Waals surface area (Å²) in [6, 6.07) is -0.680. The largest absolute Gasteiger partial charge is 0.322 e. The van der Waals surface area contributed by atoms with Crippen molar-refractivity contribution in [3.8, 4) is 12.3 Å². The number of nitrogens with one attached hydrogen (secondary N) is 2. The highest BCUT2D eigenvalue weighted by atomic mass is 32.2. The van der Waals surface area contributed by atoms with Gasteiger partial charge < -0.3 is 5.32 Å². The number of imide groups is 1. The van der Waals surface area contributed by atoms with Gasteiger partial charge in [-0.15, -0.1) is 6.42 Å². The standard InChI is InChI=1S/C12H15N3O4S/c1-3-9-4-6-15(7-5-9)20(18,19)8-12(2)10(16)13-11(17)14-12/h1,4H,5-8H2,2H3,(H2,13,14,16,17). The predicted molar refractivity (Wildman–Crippen MR) is 72.0 cm³/mol. The lowest BCUT2D eigenvalue weighted by molar-refractivity contribution is -0.122. The summed E-state index contributed by atoms with van der Waals surface area (Å²) in [5.41, 5.74) is -0.666. The van der Waals surface area contributed by atoms with Crippen molar-refractivity contribution in [3.05, 3.63) is 11.6 Å². The first-order chi connectivity index (χ1) is 9.27. The van der Waals surface area contributed by atoms with Crippen molar-refractivity contribution >= 4 is 22.0 Å². The van der Waals surface area contributed by atoms with E-state index in [2.05, 4.69) is 11.2 Å². The van der Waals surface area contributed by atoms with Crippen LogP contribution in [0.15, 0.2) is 11.6 Å². The number of urea groups is 1. The zero-order valence-electron chi connectivity index (χ0n) is 11.0. The van der Waals surface area contributed by atoms with Crippen LogP contribution in [-0.4, -0.2) is 49.0 Å². The molecule has 2 N–H and O–H groups in total. The van der Waals surface area contributed by atoms with Gasteiger partial charge in [-0.25, -0.2) is 13.2 Å². The summed E-state index contributed by atoms with van der Waals surface area (Å²) in [5, 5.41) is 4.38. The van der Waals surface area contributed by atoms with E-state index in [0.29, 0.717) is 6.42 Å². The fourth-order valence-electron chi connectivity index (χ4n) is 2.17. The first-order valence-corrected chi connectivity index (χ1v) is 7.65. The number of carbonyl (C=O) groups excluding carboxylic acids is 2. The Bertz CT molecular complexity index is 632. The number of rotatable bonds is 3. The van der Waals surface area contributed by atoms with Crippen molar-refractivity contribution in [2.45, 2.75) is 18.9 Å². The molecule has 1 unspecified atom stereocenters. The number of nitrogens with zero attached hydrogens (tertiary/aromatic N) is 1.